The molecule has 0 spiro atoms. The Balaban J connectivity index is 2.89. The Morgan fingerprint density at radius 1 is 1.38 bits per heavy atom. The molecule has 0 radical (unpaired) electrons. The van der Waals surface area contributed by atoms with Crippen LogP contribution < -0.4 is 15.2 Å². The van der Waals surface area contributed by atoms with Gasteiger partial charge in [0.1, 0.15) is 0 Å². The number of nitrogens with zero attached hydrogens (tertiary/aromatic N) is 1. The first-order valence-electron chi connectivity index (χ1n) is 6.61. The Labute approximate surface area is 128 Å². The summed E-state index contributed by atoms with van der Waals surface area (Å²) in [6.07, 6.45) is 2.28. The highest BCUT2D eigenvalue weighted by Crippen LogP contribution is 2.36. The Morgan fingerprint density at radius 2 is 2.14 bits per heavy atom. The minimum atomic E-state index is -0.594. The molecule has 1 amide bonds. The molecule has 0 bridgehead atoms. The van der Waals surface area contributed by atoms with E-state index >= 15 is 0 Å². The van der Waals surface area contributed by atoms with Crippen LogP contribution in [0.4, 0.5) is 0 Å². The van der Waals surface area contributed by atoms with E-state index in [2.05, 4.69) is 5.16 Å². The second-order valence-electron chi connectivity index (χ2n) is 4.09. The molecule has 0 heterocycles. The molecule has 21 heavy (non-hydrogen) atoms. The van der Waals surface area contributed by atoms with Gasteiger partial charge in [-0.15, -0.1) is 0 Å². The molecule has 0 saturated heterocycles. The van der Waals surface area contributed by atoms with Crippen molar-refractivity contribution >= 4 is 23.7 Å². The fourth-order valence-electron chi connectivity index (χ4n) is 1.47. The van der Waals surface area contributed by atoms with E-state index in [4.69, 9.17) is 31.6 Å². The summed E-state index contributed by atoms with van der Waals surface area (Å²) in [5.74, 6) is 0.453. The molecule has 0 aromatic heterocycles. The largest absolute Gasteiger partial charge is 0.490 e. The molecule has 1 aromatic carbocycles. The van der Waals surface area contributed by atoms with E-state index in [1.807, 2.05) is 13.8 Å². The lowest BCUT2D eigenvalue weighted by atomic mass is 10.2. The Morgan fingerprint density at radius 3 is 2.76 bits per heavy atom. The Bertz CT molecular complexity index is 506. The lowest BCUT2D eigenvalue weighted by Gasteiger charge is -2.13. The molecule has 1 rings (SSSR count). The molecular weight excluding hydrogens is 296 g/mol. The molecule has 2 N–H and O–H groups in total. The SMILES string of the molecule is CCCOc1c(Cl)cc(/C=N\OCC(N)=O)cc1OCC. The van der Waals surface area contributed by atoms with Crippen molar-refractivity contribution in [3.05, 3.63) is 22.7 Å². The summed E-state index contributed by atoms with van der Waals surface area (Å²) < 4.78 is 11.1. The number of amides is 1. The van der Waals surface area contributed by atoms with Crippen LogP contribution in [-0.2, 0) is 9.63 Å². The monoisotopic (exact) mass is 314 g/mol. The van der Waals surface area contributed by atoms with Gasteiger partial charge in [0, 0.05) is 5.56 Å². The zero-order chi connectivity index (χ0) is 15.7. The maximum Gasteiger partial charge on any atom is 0.258 e. The molecule has 0 aliphatic rings. The number of hydrogen-bond donors (Lipinski definition) is 1. The number of carbonyl (C=O) groups is 1. The highest BCUT2D eigenvalue weighted by Gasteiger charge is 2.11. The maximum atomic E-state index is 10.5. The highest BCUT2D eigenvalue weighted by molar-refractivity contribution is 6.32. The van der Waals surface area contributed by atoms with Crippen LogP contribution >= 0.6 is 11.6 Å². The van der Waals surface area contributed by atoms with Gasteiger partial charge in [0.25, 0.3) is 5.91 Å². The van der Waals surface area contributed by atoms with Gasteiger partial charge in [0.15, 0.2) is 18.1 Å². The molecule has 0 aliphatic heterocycles. The fourth-order valence-corrected chi connectivity index (χ4v) is 1.74. The smallest absolute Gasteiger partial charge is 0.258 e. The van der Waals surface area contributed by atoms with E-state index in [0.29, 0.717) is 35.3 Å². The summed E-state index contributed by atoms with van der Waals surface area (Å²) in [7, 11) is 0. The van der Waals surface area contributed by atoms with Gasteiger partial charge in [-0.05, 0) is 25.5 Å². The molecule has 0 saturated carbocycles. The molecule has 0 unspecified atom stereocenters. The van der Waals surface area contributed by atoms with Gasteiger partial charge < -0.3 is 20.0 Å². The van der Waals surface area contributed by atoms with E-state index < -0.39 is 5.91 Å². The third kappa shape index (κ3) is 5.91. The molecule has 0 atom stereocenters. The molecular formula is C14H19ClN2O4. The van der Waals surface area contributed by atoms with Crippen molar-refractivity contribution in [1.82, 2.24) is 0 Å². The predicted molar refractivity (Wildman–Crippen MR) is 81.1 cm³/mol. The van der Waals surface area contributed by atoms with E-state index in [9.17, 15) is 4.79 Å². The number of oxime groups is 1. The second kappa shape index (κ2) is 9.07. The van der Waals surface area contributed by atoms with Crippen LogP contribution in [0.5, 0.6) is 11.5 Å². The van der Waals surface area contributed by atoms with Gasteiger partial charge in [-0.1, -0.05) is 23.7 Å². The second-order valence-corrected chi connectivity index (χ2v) is 4.49. The summed E-state index contributed by atoms with van der Waals surface area (Å²) >= 11 is 6.19. The summed E-state index contributed by atoms with van der Waals surface area (Å²) in [5, 5.41) is 4.06. The van der Waals surface area contributed by atoms with Crippen LogP contribution in [-0.4, -0.2) is 31.9 Å². The summed E-state index contributed by atoms with van der Waals surface area (Å²) in [6.45, 7) is 4.63. The number of carbonyl (C=O) groups excluding carboxylic acids is 1. The molecule has 0 fully saturated rings. The maximum absolute atomic E-state index is 10.5. The minimum absolute atomic E-state index is 0.278. The highest BCUT2D eigenvalue weighted by atomic mass is 35.5. The number of ether oxygens (including phenoxy) is 2. The lowest BCUT2D eigenvalue weighted by Crippen LogP contribution is -2.16. The molecule has 1 aromatic rings. The number of nitrogens with two attached hydrogens (primary N) is 1. The Hall–Kier alpha value is -1.95. The quantitative estimate of drug-likeness (QED) is 0.560. The third-order valence-electron chi connectivity index (χ3n) is 2.27. The van der Waals surface area contributed by atoms with Gasteiger partial charge in [-0.3, -0.25) is 4.79 Å². The van der Waals surface area contributed by atoms with Gasteiger partial charge in [-0.2, -0.15) is 0 Å². The minimum Gasteiger partial charge on any atom is -0.490 e. The first-order valence-corrected chi connectivity index (χ1v) is 6.99. The van der Waals surface area contributed by atoms with Crippen molar-refractivity contribution < 1.29 is 19.1 Å². The number of rotatable bonds is 9. The fraction of sp³-hybridized carbons (Fsp3) is 0.429. The molecule has 0 aliphatic carbocycles. The summed E-state index contributed by atoms with van der Waals surface area (Å²) in [6, 6.07) is 3.41. The number of hydrogen-bond acceptors (Lipinski definition) is 5. The van der Waals surface area contributed by atoms with Crippen LogP contribution in [0.15, 0.2) is 17.3 Å². The first kappa shape index (κ1) is 17.1. The average molecular weight is 315 g/mol. The third-order valence-corrected chi connectivity index (χ3v) is 2.55. The van der Waals surface area contributed by atoms with E-state index in [0.717, 1.165) is 6.42 Å². The Kier molecular flexibility index (Phi) is 7.39. The molecule has 7 heteroatoms. The predicted octanol–water partition coefficient (Wildman–Crippen LogP) is 2.36. The van der Waals surface area contributed by atoms with Crippen LogP contribution in [0.3, 0.4) is 0 Å². The van der Waals surface area contributed by atoms with E-state index in [-0.39, 0.29) is 6.61 Å². The van der Waals surface area contributed by atoms with Crippen molar-refractivity contribution in [2.75, 3.05) is 19.8 Å². The zero-order valence-corrected chi connectivity index (χ0v) is 12.9. The van der Waals surface area contributed by atoms with Gasteiger partial charge >= 0.3 is 0 Å². The van der Waals surface area contributed by atoms with E-state index in [1.165, 1.54) is 6.21 Å². The standard InChI is InChI=1S/C14H19ClN2O4/c1-3-5-20-14-11(15)6-10(7-12(14)19-4-2)8-17-21-9-13(16)18/h6-8H,3-5,9H2,1-2H3,(H2,16,18)/b17-8-. The normalized spacial score (nSPS) is 10.6. The van der Waals surface area contributed by atoms with Crippen molar-refractivity contribution in [2.24, 2.45) is 10.9 Å². The summed E-state index contributed by atoms with van der Waals surface area (Å²) in [5.41, 5.74) is 5.59. The van der Waals surface area contributed by atoms with Crippen molar-refractivity contribution in [3.63, 3.8) is 0 Å². The number of primary amides is 1. The molecule has 6 nitrogen and oxygen atoms in total. The van der Waals surface area contributed by atoms with Crippen LogP contribution in [0.2, 0.25) is 5.02 Å². The van der Waals surface area contributed by atoms with Gasteiger partial charge in [0.05, 0.1) is 24.5 Å². The van der Waals surface area contributed by atoms with E-state index in [1.54, 1.807) is 12.1 Å². The van der Waals surface area contributed by atoms with Crippen LogP contribution in [0.1, 0.15) is 25.8 Å². The van der Waals surface area contributed by atoms with Gasteiger partial charge in [0.2, 0.25) is 0 Å². The first-order chi connectivity index (χ1) is 10.1. The zero-order valence-electron chi connectivity index (χ0n) is 12.1. The van der Waals surface area contributed by atoms with Crippen molar-refractivity contribution in [3.8, 4) is 11.5 Å². The summed E-state index contributed by atoms with van der Waals surface area (Å²) in [4.78, 5) is 15.2. The van der Waals surface area contributed by atoms with Crippen molar-refractivity contribution in [1.29, 1.82) is 0 Å². The van der Waals surface area contributed by atoms with Crippen LogP contribution in [0.25, 0.3) is 0 Å². The lowest BCUT2D eigenvalue weighted by molar-refractivity contribution is -0.122. The average Bonchev–Trinajstić information content (AvgIpc) is 2.43. The van der Waals surface area contributed by atoms with Gasteiger partial charge in [-0.25, -0.2) is 0 Å². The van der Waals surface area contributed by atoms with Crippen molar-refractivity contribution in [2.45, 2.75) is 20.3 Å². The topological polar surface area (TPSA) is 83.1 Å². The van der Waals surface area contributed by atoms with Crippen LogP contribution in [0, 0.1) is 0 Å². The number of halogens is 1. The number of benzene rings is 1. The molecule has 116 valence electrons.